The predicted octanol–water partition coefficient (Wildman–Crippen LogP) is 4.27. The van der Waals surface area contributed by atoms with Crippen molar-refractivity contribution in [1.29, 1.82) is 0 Å². The number of benzene rings is 1. The van der Waals surface area contributed by atoms with Crippen molar-refractivity contribution in [2.75, 3.05) is 18.5 Å². The van der Waals surface area contributed by atoms with Gasteiger partial charge in [0, 0.05) is 18.6 Å². The van der Waals surface area contributed by atoms with Crippen LogP contribution in [0.25, 0.3) is 11.1 Å². The van der Waals surface area contributed by atoms with Gasteiger partial charge in [-0.1, -0.05) is 30.2 Å². The number of rotatable bonds is 4. The van der Waals surface area contributed by atoms with E-state index in [1.165, 1.54) is 5.57 Å². The van der Waals surface area contributed by atoms with Gasteiger partial charge in [-0.05, 0) is 31.5 Å². The van der Waals surface area contributed by atoms with E-state index in [4.69, 9.17) is 16.0 Å². The normalized spacial score (nSPS) is 12.1. The van der Waals surface area contributed by atoms with Crippen LogP contribution in [-0.4, -0.2) is 18.6 Å². The van der Waals surface area contributed by atoms with E-state index in [9.17, 15) is 0 Å². The second kappa shape index (κ2) is 5.44. The van der Waals surface area contributed by atoms with Crippen molar-refractivity contribution in [1.82, 2.24) is 4.98 Å². The lowest BCUT2D eigenvalue weighted by atomic mass is 10.2. The molecular formula is C14H17ClN2O. The summed E-state index contributed by atoms with van der Waals surface area (Å²) in [7, 11) is 1.98. The number of hydrogen-bond donors (Lipinski definition) is 0. The number of halogens is 1. The topological polar surface area (TPSA) is 29.3 Å². The summed E-state index contributed by atoms with van der Waals surface area (Å²) in [5, 5.41) is 0.674. The number of likely N-dealkylation sites (N-methyl/N-ethyl adjacent to an activating group) is 1. The van der Waals surface area contributed by atoms with Crippen molar-refractivity contribution in [3.8, 4) is 0 Å². The molecule has 0 saturated carbocycles. The van der Waals surface area contributed by atoms with Crippen LogP contribution in [0, 0.1) is 0 Å². The molecule has 0 spiro atoms. The van der Waals surface area contributed by atoms with Gasteiger partial charge in [-0.15, -0.1) is 0 Å². The summed E-state index contributed by atoms with van der Waals surface area (Å²) in [5.74, 6) is 0. The zero-order valence-electron chi connectivity index (χ0n) is 10.9. The fourth-order valence-electron chi connectivity index (χ4n) is 1.83. The van der Waals surface area contributed by atoms with Gasteiger partial charge in [0.2, 0.25) is 0 Å². The monoisotopic (exact) mass is 264 g/mol. The van der Waals surface area contributed by atoms with Crippen molar-refractivity contribution in [3.63, 3.8) is 0 Å². The zero-order chi connectivity index (χ0) is 13.1. The predicted molar refractivity (Wildman–Crippen MR) is 76.3 cm³/mol. The van der Waals surface area contributed by atoms with Crippen LogP contribution in [0.4, 0.5) is 6.01 Å². The average Bonchev–Trinajstić information content (AvgIpc) is 2.78. The van der Waals surface area contributed by atoms with Gasteiger partial charge >= 0.3 is 0 Å². The molecule has 0 amide bonds. The summed E-state index contributed by atoms with van der Waals surface area (Å²) in [6.45, 7) is 5.03. The van der Waals surface area contributed by atoms with Crippen molar-refractivity contribution in [2.45, 2.75) is 20.3 Å². The highest BCUT2D eigenvalue weighted by atomic mass is 35.5. The van der Waals surface area contributed by atoms with Crippen LogP contribution >= 0.6 is 11.6 Å². The van der Waals surface area contributed by atoms with Gasteiger partial charge in [-0.25, -0.2) is 0 Å². The van der Waals surface area contributed by atoms with Crippen molar-refractivity contribution < 1.29 is 4.42 Å². The minimum atomic E-state index is 0.625. The van der Waals surface area contributed by atoms with Crippen LogP contribution < -0.4 is 4.90 Å². The van der Waals surface area contributed by atoms with Crippen LogP contribution in [0.5, 0.6) is 0 Å². The summed E-state index contributed by atoms with van der Waals surface area (Å²) in [4.78, 5) is 6.45. The molecule has 0 atom stereocenters. The summed E-state index contributed by atoms with van der Waals surface area (Å²) in [6, 6.07) is 6.09. The third kappa shape index (κ3) is 2.67. The molecule has 0 radical (unpaired) electrons. The van der Waals surface area contributed by atoms with Gasteiger partial charge in [-0.2, -0.15) is 4.98 Å². The number of hydrogen-bond acceptors (Lipinski definition) is 3. The molecule has 0 aliphatic carbocycles. The van der Waals surface area contributed by atoms with Crippen molar-refractivity contribution >= 4 is 28.7 Å². The highest BCUT2D eigenvalue weighted by molar-refractivity contribution is 6.31. The molecule has 1 heterocycles. The lowest BCUT2D eigenvalue weighted by Gasteiger charge is -2.15. The van der Waals surface area contributed by atoms with Crippen molar-refractivity contribution in [2.24, 2.45) is 0 Å². The number of fused-ring (bicyclic) bond motifs is 1. The van der Waals surface area contributed by atoms with Crippen LogP contribution in [0.15, 0.2) is 34.3 Å². The SMILES string of the molecule is C/C=C(\CC)CN(C)c1nc2cc(Cl)ccc2o1. The molecule has 1 aromatic carbocycles. The van der Waals surface area contributed by atoms with Gasteiger partial charge < -0.3 is 9.32 Å². The Morgan fingerprint density at radius 2 is 2.28 bits per heavy atom. The molecule has 2 aromatic rings. The second-order valence-electron chi connectivity index (χ2n) is 4.27. The first kappa shape index (κ1) is 13.0. The smallest absolute Gasteiger partial charge is 0.298 e. The molecule has 0 aliphatic rings. The number of allylic oxidation sites excluding steroid dienone is 1. The van der Waals surface area contributed by atoms with E-state index >= 15 is 0 Å². The Bertz CT molecular complexity index is 574. The quantitative estimate of drug-likeness (QED) is 0.772. The van der Waals surface area contributed by atoms with E-state index in [1.807, 2.05) is 30.1 Å². The van der Waals surface area contributed by atoms with E-state index in [-0.39, 0.29) is 0 Å². The van der Waals surface area contributed by atoms with Crippen LogP contribution in [-0.2, 0) is 0 Å². The molecule has 96 valence electrons. The van der Waals surface area contributed by atoms with E-state index in [2.05, 4.69) is 24.9 Å². The minimum Gasteiger partial charge on any atom is -0.423 e. The molecule has 0 aliphatic heterocycles. The van der Waals surface area contributed by atoms with Crippen LogP contribution in [0.1, 0.15) is 20.3 Å². The fourth-order valence-corrected chi connectivity index (χ4v) is 2.00. The molecule has 3 nitrogen and oxygen atoms in total. The highest BCUT2D eigenvalue weighted by Gasteiger charge is 2.11. The standard InChI is InChI=1S/C14H17ClN2O/c1-4-10(5-2)9-17(3)14-16-12-8-11(15)6-7-13(12)18-14/h4,6-8H,5,9H2,1-3H3/b10-4+. The van der Waals surface area contributed by atoms with E-state index in [0.29, 0.717) is 11.0 Å². The average molecular weight is 265 g/mol. The highest BCUT2D eigenvalue weighted by Crippen LogP contribution is 2.24. The molecule has 0 saturated heterocycles. The van der Waals surface area contributed by atoms with Gasteiger partial charge in [0.1, 0.15) is 5.52 Å². The largest absolute Gasteiger partial charge is 0.423 e. The maximum atomic E-state index is 5.93. The Balaban J connectivity index is 2.25. The Kier molecular flexibility index (Phi) is 3.92. The summed E-state index contributed by atoms with van der Waals surface area (Å²) in [6.07, 6.45) is 3.17. The zero-order valence-corrected chi connectivity index (χ0v) is 11.7. The second-order valence-corrected chi connectivity index (χ2v) is 4.70. The van der Waals surface area contributed by atoms with Crippen molar-refractivity contribution in [3.05, 3.63) is 34.9 Å². The Morgan fingerprint density at radius 3 is 2.94 bits per heavy atom. The first-order valence-corrected chi connectivity index (χ1v) is 6.43. The lowest BCUT2D eigenvalue weighted by Crippen LogP contribution is -2.20. The van der Waals surface area contributed by atoms with E-state index in [1.54, 1.807) is 0 Å². The van der Waals surface area contributed by atoms with Gasteiger partial charge in [-0.3, -0.25) is 0 Å². The molecule has 1 aromatic heterocycles. The van der Waals surface area contributed by atoms with Crippen LogP contribution in [0.2, 0.25) is 5.02 Å². The van der Waals surface area contributed by atoms with Gasteiger partial charge in [0.15, 0.2) is 5.58 Å². The third-order valence-electron chi connectivity index (χ3n) is 2.97. The van der Waals surface area contributed by atoms with Gasteiger partial charge in [0.25, 0.3) is 6.01 Å². The molecule has 0 N–H and O–H groups in total. The Morgan fingerprint density at radius 1 is 1.50 bits per heavy atom. The molecular weight excluding hydrogens is 248 g/mol. The number of nitrogens with zero attached hydrogens (tertiary/aromatic N) is 2. The number of oxazole rings is 1. The molecule has 2 rings (SSSR count). The number of anilines is 1. The maximum absolute atomic E-state index is 5.93. The molecule has 18 heavy (non-hydrogen) atoms. The maximum Gasteiger partial charge on any atom is 0.298 e. The first-order chi connectivity index (χ1) is 8.63. The summed E-state index contributed by atoms with van der Waals surface area (Å²) in [5.41, 5.74) is 2.92. The summed E-state index contributed by atoms with van der Waals surface area (Å²) < 4.78 is 5.70. The van der Waals surface area contributed by atoms with E-state index < -0.39 is 0 Å². The molecule has 0 bridgehead atoms. The molecule has 0 unspecified atom stereocenters. The van der Waals surface area contributed by atoms with Crippen LogP contribution in [0.3, 0.4) is 0 Å². The molecule has 0 fully saturated rings. The van der Waals surface area contributed by atoms with Gasteiger partial charge in [0.05, 0.1) is 0 Å². The van der Waals surface area contributed by atoms with E-state index in [0.717, 1.165) is 24.1 Å². The molecule has 4 heteroatoms. The Hall–Kier alpha value is -1.48. The Labute approximate surface area is 112 Å². The summed E-state index contributed by atoms with van der Waals surface area (Å²) >= 11 is 5.93. The first-order valence-electron chi connectivity index (χ1n) is 6.05. The third-order valence-corrected chi connectivity index (χ3v) is 3.20. The number of aromatic nitrogens is 1. The minimum absolute atomic E-state index is 0.625. The fraction of sp³-hybridized carbons (Fsp3) is 0.357. The lowest BCUT2D eigenvalue weighted by molar-refractivity contribution is 0.588.